The van der Waals surface area contributed by atoms with E-state index in [1.807, 2.05) is 12.1 Å². The van der Waals surface area contributed by atoms with Crippen LogP contribution in [-0.4, -0.2) is 0 Å². The molecule has 0 aliphatic heterocycles. The van der Waals surface area contributed by atoms with Crippen molar-refractivity contribution >= 4 is 37.5 Å². The van der Waals surface area contributed by atoms with Crippen LogP contribution in [0.15, 0.2) is 124 Å². The van der Waals surface area contributed by atoms with E-state index < -0.39 is 5.41 Å². The fourth-order valence-electron chi connectivity index (χ4n) is 5.43. The summed E-state index contributed by atoms with van der Waals surface area (Å²) in [6, 6.07) is 41.2. The van der Waals surface area contributed by atoms with Crippen LogP contribution in [0, 0.1) is 0 Å². The molecule has 0 heterocycles. The molecule has 164 valence electrons. The number of nitrogen functional groups attached to an aromatic ring is 1. The normalized spacial score (nSPS) is 13.4. The minimum atomic E-state index is -0.433. The standard InChI is InChI=1S/C31H21Br2N/c32-23-13-16-27-26-14-11-20(25-15-12-24(33)19-30(25)34)17-28(26)31(29(27)18-23,21-7-3-1-4-8-21)22-9-5-2-6-10-22/h1-19H,34H2. The maximum Gasteiger partial charge on any atom is 0.0714 e. The number of hydrogen-bond acceptors (Lipinski definition) is 1. The van der Waals surface area contributed by atoms with E-state index in [1.54, 1.807) is 0 Å². The molecule has 1 nitrogen and oxygen atoms in total. The van der Waals surface area contributed by atoms with Crippen LogP contribution in [0.2, 0.25) is 0 Å². The molecule has 0 fully saturated rings. The fourth-order valence-corrected chi connectivity index (χ4v) is 6.16. The quantitative estimate of drug-likeness (QED) is 0.213. The molecule has 0 bridgehead atoms. The van der Waals surface area contributed by atoms with Crippen LogP contribution in [0.25, 0.3) is 22.3 Å². The van der Waals surface area contributed by atoms with Crippen LogP contribution in [0.3, 0.4) is 0 Å². The van der Waals surface area contributed by atoms with Gasteiger partial charge in [-0.3, -0.25) is 0 Å². The van der Waals surface area contributed by atoms with E-state index >= 15 is 0 Å². The summed E-state index contributed by atoms with van der Waals surface area (Å²) in [6.45, 7) is 0. The molecule has 0 unspecified atom stereocenters. The van der Waals surface area contributed by atoms with Gasteiger partial charge in [0.2, 0.25) is 0 Å². The van der Waals surface area contributed by atoms with Crippen molar-refractivity contribution in [2.24, 2.45) is 0 Å². The van der Waals surface area contributed by atoms with E-state index in [-0.39, 0.29) is 0 Å². The summed E-state index contributed by atoms with van der Waals surface area (Å²) in [5.74, 6) is 0. The van der Waals surface area contributed by atoms with Gasteiger partial charge in [-0.1, -0.05) is 117 Å². The van der Waals surface area contributed by atoms with E-state index in [0.29, 0.717) is 0 Å². The van der Waals surface area contributed by atoms with Crippen LogP contribution in [0.5, 0.6) is 0 Å². The molecule has 0 saturated carbocycles. The van der Waals surface area contributed by atoms with Crippen molar-refractivity contribution in [2.45, 2.75) is 5.41 Å². The van der Waals surface area contributed by atoms with Crippen LogP contribution >= 0.6 is 31.9 Å². The maximum atomic E-state index is 6.46. The highest BCUT2D eigenvalue weighted by Crippen LogP contribution is 2.57. The Hall–Kier alpha value is -3.14. The first-order valence-corrected chi connectivity index (χ1v) is 12.8. The van der Waals surface area contributed by atoms with Gasteiger partial charge < -0.3 is 5.73 Å². The highest BCUT2D eigenvalue weighted by atomic mass is 79.9. The third-order valence-corrected chi connectivity index (χ3v) is 7.82. The molecule has 1 aliphatic rings. The van der Waals surface area contributed by atoms with E-state index in [9.17, 15) is 0 Å². The summed E-state index contributed by atoms with van der Waals surface area (Å²) in [4.78, 5) is 0. The SMILES string of the molecule is Nc1cc(Br)ccc1-c1ccc2c(c1)C(c1ccccc1)(c1ccccc1)c1cc(Br)ccc1-2. The highest BCUT2D eigenvalue weighted by molar-refractivity contribution is 9.10. The van der Waals surface area contributed by atoms with Crippen LogP contribution in [0.1, 0.15) is 22.3 Å². The molecule has 3 heteroatoms. The molecule has 5 aromatic carbocycles. The second kappa shape index (κ2) is 8.26. The summed E-state index contributed by atoms with van der Waals surface area (Å²) < 4.78 is 2.06. The molecule has 6 rings (SSSR count). The topological polar surface area (TPSA) is 26.0 Å². The average molecular weight is 567 g/mol. The van der Waals surface area contributed by atoms with Crippen LogP contribution in [0.4, 0.5) is 5.69 Å². The van der Waals surface area contributed by atoms with E-state index in [2.05, 4.69) is 135 Å². The lowest BCUT2D eigenvalue weighted by Gasteiger charge is -2.34. The smallest absolute Gasteiger partial charge is 0.0714 e. The van der Waals surface area contributed by atoms with E-state index in [4.69, 9.17) is 5.73 Å². The molecule has 0 aromatic heterocycles. The molecule has 0 spiro atoms. The fraction of sp³-hybridized carbons (Fsp3) is 0.0323. The van der Waals surface area contributed by atoms with Gasteiger partial charge in [0.15, 0.2) is 0 Å². The summed E-state index contributed by atoms with van der Waals surface area (Å²) in [6.07, 6.45) is 0. The zero-order chi connectivity index (χ0) is 23.3. The predicted molar refractivity (Wildman–Crippen MR) is 149 cm³/mol. The first-order valence-electron chi connectivity index (χ1n) is 11.2. The van der Waals surface area contributed by atoms with Gasteiger partial charge in [-0.25, -0.2) is 0 Å². The van der Waals surface area contributed by atoms with Crippen LogP contribution in [-0.2, 0) is 5.41 Å². The van der Waals surface area contributed by atoms with Gasteiger partial charge in [0, 0.05) is 20.2 Å². The largest absolute Gasteiger partial charge is 0.398 e. The summed E-state index contributed by atoms with van der Waals surface area (Å²) in [5.41, 5.74) is 16.5. The van der Waals surface area contributed by atoms with Gasteiger partial charge in [-0.2, -0.15) is 0 Å². The minimum Gasteiger partial charge on any atom is -0.398 e. The Morgan fingerprint density at radius 3 is 1.59 bits per heavy atom. The van der Waals surface area contributed by atoms with Crippen molar-refractivity contribution in [1.29, 1.82) is 0 Å². The number of nitrogens with two attached hydrogens (primary N) is 1. The Labute approximate surface area is 216 Å². The molecule has 1 aliphatic carbocycles. The van der Waals surface area contributed by atoms with Gasteiger partial charge in [-0.05, 0) is 69.3 Å². The third kappa shape index (κ3) is 3.19. The third-order valence-electron chi connectivity index (χ3n) is 6.84. The van der Waals surface area contributed by atoms with Crippen molar-refractivity contribution < 1.29 is 0 Å². The Morgan fingerprint density at radius 2 is 1.00 bits per heavy atom. The minimum absolute atomic E-state index is 0.433. The molecule has 0 amide bonds. The molecule has 0 radical (unpaired) electrons. The van der Waals surface area contributed by atoms with Crippen LogP contribution < -0.4 is 5.73 Å². The molecular formula is C31H21Br2N. The lowest BCUT2D eigenvalue weighted by molar-refractivity contribution is 0.768. The molecular weight excluding hydrogens is 546 g/mol. The number of fused-ring (bicyclic) bond motifs is 3. The van der Waals surface area contributed by atoms with Crippen molar-refractivity contribution in [3.05, 3.63) is 146 Å². The number of hydrogen-bond donors (Lipinski definition) is 1. The zero-order valence-electron chi connectivity index (χ0n) is 18.3. The Morgan fingerprint density at radius 1 is 0.500 bits per heavy atom. The molecule has 2 N–H and O–H groups in total. The molecule has 0 saturated heterocycles. The first-order chi connectivity index (χ1) is 16.6. The van der Waals surface area contributed by atoms with Crippen molar-refractivity contribution in [2.75, 3.05) is 5.73 Å². The van der Waals surface area contributed by atoms with Gasteiger partial charge in [0.05, 0.1) is 5.41 Å². The number of halogens is 2. The van der Waals surface area contributed by atoms with Gasteiger partial charge in [0.25, 0.3) is 0 Å². The van der Waals surface area contributed by atoms with E-state index in [0.717, 1.165) is 25.8 Å². The Bertz CT molecular complexity index is 1490. The van der Waals surface area contributed by atoms with Gasteiger partial charge >= 0.3 is 0 Å². The second-order valence-corrected chi connectivity index (χ2v) is 10.5. The van der Waals surface area contributed by atoms with Crippen molar-refractivity contribution in [1.82, 2.24) is 0 Å². The predicted octanol–water partition coefficient (Wildman–Crippen LogP) is 8.82. The number of anilines is 1. The van der Waals surface area contributed by atoms with Gasteiger partial charge in [0.1, 0.15) is 0 Å². The summed E-state index contributed by atoms with van der Waals surface area (Å²) in [7, 11) is 0. The van der Waals surface area contributed by atoms with E-state index in [1.165, 1.54) is 33.4 Å². The van der Waals surface area contributed by atoms with Gasteiger partial charge in [-0.15, -0.1) is 0 Å². The second-order valence-electron chi connectivity index (χ2n) is 8.66. The lowest BCUT2D eigenvalue weighted by Crippen LogP contribution is -2.28. The highest BCUT2D eigenvalue weighted by Gasteiger charge is 2.46. The Balaban J connectivity index is 1.74. The number of benzene rings is 5. The molecule has 34 heavy (non-hydrogen) atoms. The monoisotopic (exact) mass is 565 g/mol. The summed E-state index contributed by atoms with van der Waals surface area (Å²) >= 11 is 7.29. The molecule has 0 atom stereocenters. The average Bonchev–Trinajstić information content (AvgIpc) is 3.14. The molecule has 5 aromatic rings. The zero-order valence-corrected chi connectivity index (χ0v) is 21.5. The van der Waals surface area contributed by atoms with Crippen molar-refractivity contribution in [3.63, 3.8) is 0 Å². The number of rotatable bonds is 3. The Kier molecular flexibility index (Phi) is 5.20. The summed E-state index contributed by atoms with van der Waals surface area (Å²) in [5, 5.41) is 0. The maximum absolute atomic E-state index is 6.46. The van der Waals surface area contributed by atoms with Crippen molar-refractivity contribution in [3.8, 4) is 22.3 Å². The first kappa shape index (κ1) is 21.4. The lowest BCUT2D eigenvalue weighted by atomic mass is 9.67.